The lowest BCUT2D eigenvalue weighted by Gasteiger charge is -2.40. The first-order valence-corrected chi connectivity index (χ1v) is 9.63. The molecule has 0 amide bonds. The Labute approximate surface area is 146 Å². The highest BCUT2D eigenvalue weighted by molar-refractivity contribution is 7.86. The molecule has 3 heterocycles. The van der Waals surface area contributed by atoms with Gasteiger partial charge in [0.1, 0.15) is 17.0 Å². The van der Waals surface area contributed by atoms with Gasteiger partial charge in [-0.25, -0.2) is 14.6 Å². The fourth-order valence-electron chi connectivity index (χ4n) is 3.05. The topological polar surface area (TPSA) is 96.8 Å². The molecule has 2 N–H and O–H groups in total. The Kier molecular flexibility index (Phi) is 4.69. The molecule has 0 spiro atoms. The molecule has 24 heavy (non-hydrogen) atoms. The van der Waals surface area contributed by atoms with Crippen LogP contribution in [-0.2, 0) is 10.2 Å². The summed E-state index contributed by atoms with van der Waals surface area (Å²) >= 11 is 6.17. The third-order valence-electron chi connectivity index (χ3n) is 4.46. The van der Waals surface area contributed by atoms with Crippen LogP contribution in [0.5, 0.6) is 0 Å². The average Bonchev–Trinajstić information content (AvgIpc) is 2.75. The van der Waals surface area contributed by atoms with Gasteiger partial charge in [0.05, 0.1) is 0 Å². The Balaban J connectivity index is 1.58. The summed E-state index contributed by atoms with van der Waals surface area (Å²) in [5.74, 6) is 1.42. The smallest absolute Gasteiger partial charge is 0.276 e. The Morgan fingerprint density at radius 2 is 2.17 bits per heavy atom. The molecule has 1 fully saturated rings. The van der Waals surface area contributed by atoms with Crippen LogP contribution in [0.2, 0.25) is 5.15 Å². The van der Waals surface area contributed by atoms with E-state index in [1.165, 1.54) is 17.7 Å². The average molecular weight is 373 g/mol. The first kappa shape index (κ1) is 17.4. The second-order valence-electron chi connectivity index (χ2n) is 6.27. The van der Waals surface area contributed by atoms with E-state index in [4.69, 9.17) is 16.7 Å². The zero-order valence-corrected chi connectivity index (χ0v) is 15.3. The molecule has 0 aromatic carbocycles. The van der Waals surface area contributed by atoms with Crippen molar-refractivity contribution in [3.63, 3.8) is 0 Å². The van der Waals surface area contributed by atoms with Gasteiger partial charge in [0.15, 0.2) is 5.82 Å². The van der Waals surface area contributed by atoms with E-state index in [2.05, 4.69) is 15.0 Å². The number of nitrogens with two attached hydrogens (primary N) is 1. The number of hydrogen-bond acceptors (Lipinski definition) is 5. The maximum absolute atomic E-state index is 11.2. The number of anilines is 1. The molecule has 2 aromatic rings. The fourth-order valence-corrected chi connectivity index (χ4v) is 3.72. The fraction of sp³-hybridized carbons (Fsp3) is 0.571. The van der Waals surface area contributed by atoms with Gasteiger partial charge in [-0.1, -0.05) is 11.6 Å². The highest BCUT2D eigenvalue weighted by atomic mass is 35.5. The van der Waals surface area contributed by atoms with Crippen LogP contribution >= 0.6 is 11.6 Å². The summed E-state index contributed by atoms with van der Waals surface area (Å²) in [6.07, 6.45) is 3.27. The predicted molar refractivity (Wildman–Crippen MR) is 93.4 cm³/mol. The maximum Gasteiger partial charge on any atom is 0.276 e. The quantitative estimate of drug-likeness (QED) is 0.817. The molecule has 1 aliphatic heterocycles. The molecule has 1 aliphatic rings. The summed E-state index contributed by atoms with van der Waals surface area (Å²) in [5.41, 5.74) is 1.99. The lowest BCUT2D eigenvalue weighted by Crippen LogP contribution is -2.47. The zero-order chi connectivity index (χ0) is 17.5. The van der Waals surface area contributed by atoms with Crippen LogP contribution in [0, 0.1) is 12.8 Å². The van der Waals surface area contributed by atoms with Gasteiger partial charge < -0.3 is 4.90 Å². The molecule has 0 unspecified atom stereocenters. The van der Waals surface area contributed by atoms with Crippen LogP contribution in [-0.4, -0.2) is 54.0 Å². The van der Waals surface area contributed by atoms with Crippen molar-refractivity contribution in [2.24, 2.45) is 11.1 Å². The summed E-state index contributed by atoms with van der Waals surface area (Å²) in [6, 6.07) is 1.88. The standard InChI is InChI=1S/C14H21ClN6O2S/c1-10-6-12(15)21-13(10)14(17-9-18-21)20-7-11(8-20)4-3-5-19(2)24(16,22)23/h6,9,11H,3-5,7-8H2,1-2H3,(H2,16,22,23). The maximum atomic E-state index is 11.2. The molecule has 0 radical (unpaired) electrons. The van der Waals surface area contributed by atoms with Gasteiger partial charge in [0, 0.05) is 26.7 Å². The Morgan fingerprint density at radius 1 is 1.46 bits per heavy atom. The minimum atomic E-state index is -3.58. The van der Waals surface area contributed by atoms with Crippen LogP contribution in [0.15, 0.2) is 12.4 Å². The monoisotopic (exact) mass is 372 g/mol. The van der Waals surface area contributed by atoms with Gasteiger partial charge >= 0.3 is 0 Å². The van der Waals surface area contributed by atoms with Gasteiger partial charge in [-0.15, -0.1) is 0 Å². The molecule has 1 saturated heterocycles. The molecule has 0 atom stereocenters. The third-order valence-corrected chi connectivity index (χ3v) is 5.78. The Bertz CT molecular complexity index is 846. The van der Waals surface area contributed by atoms with Crippen LogP contribution in [0.3, 0.4) is 0 Å². The first-order chi connectivity index (χ1) is 11.3. The summed E-state index contributed by atoms with van der Waals surface area (Å²) < 4.78 is 25.2. The molecular formula is C14H21ClN6O2S. The Morgan fingerprint density at radius 3 is 2.83 bits per heavy atom. The molecule has 8 nitrogen and oxygen atoms in total. The van der Waals surface area contributed by atoms with E-state index in [-0.39, 0.29) is 0 Å². The highest BCUT2D eigenvalue weighted by Gasteiger charge is 2.29. The molecule has 0 saturated carbocycles. The molecule has 10 heteroatoms. The van der Waals surface area contributed by atoms with Crippen molar-refractivity contribution in [3.05, 3.63) is 23.1 Å². The number of fused-ring (bicyclic) bond motifs is 1. The van der Waals surface area contributed by atoms with E-state index in [1.807, 2.05) is 13.0 Å². The van der Waals surface area contributed by atoms with Gasteiger partial charge in [0.2, 0.25) is 0 Å². The molecule has 0 aliphatic carbocycles. The van der Waals surface area contributed by atoms with Crippen LogP contribution in [0.25, 0.3) is 5.52 Å². The van der Waals surface area contributed by atoms with Crippen LogP contribution in [0.1, 0.15) is 18.4 Å². The van der Waals surface area contributed by atoms with Gasteiger partial charge in [-0.2, -0.15) is 17.8 Å². The molecule has 2 aromatic heterocycles. The van der Waals surface area contributed by atoms with E-state index in [0.29, 0.717) is 17.6 Å². The number of halogens is 1. The number of aryl methyl sites for hydroxylation is 1. The van der Waals surface area contributed by atoms with Gasteiger partial charge in [0.25, 0.3) is 10.2 Å². The lowest BCUT2D eigenvalue weighted by atomic mass is 9.94. The Hall–Kier alpha value is -1.42. The first-order valence-electron chi connectivity index (χ1n) is 7.75. The molecule has 3 rings (SSSR count). The summed E-state index contributed by atoms with van der Waals surface area (Å²) in [7, 11) is -2.08. The number of aromatic nitrogens is 3. The van der Waals surface area contributed by atoms with E-state index >= 15 is 0 Å². The van der Waals surface area contributed by atoms with Crippen molar-refractivity contribution in [3.8, 4) is 0 Å². The largest absolute Gasteiger partial charge is 0.354 e. The van der Waals surface area contributed by atoms with E-state index in [9.17, 15) is 8.42 Å². The van der Waals surface area contributed by atoms with Crippen molar-refractivity contribution in [1.29, 1.82) is 0 Å². The number of rotatable bonds is 6. The highest BCUT2D eigenvalue weighted by Crippen LogP contribution is 2.32. The zero-order valence-electron chi connectivity index (χ0n) is 13.7. The molecule has 0 bridgehead atoms. The third kappa shape index (κ3) is 3.34. The second-order valence-corrected chi connectivity index (χ2v) is 8.31. The van der Waals surface area contributed by atoms with E-state index in [1.54, 1.807) is 4.52 Å². The van der Waals surface area contributed by atoms with Gasteiger partial charge in [-0.05, 0) is 37.3 Å². The van der Waals surface area contributed by atoms with Crippen LogP contribution in [0.4, 0.5) is 5.82 Å². The molecular weight excluding hydrogens is 352 g/mol. The number of nitrogens with zero attached hydrogens (tertiary/aromatic N) is 5. The summed E-state index contributed by atoms with van der Waals surface area (Å²) in [4.78, 5) is 6.61. The van der Waals surface area contributed by atoms with Crippen molar-refractivity contribution < 1.29 is 8.42 Å². The van der Waals surface area contributed by atoms with Crippen molar-refractivity contribution in [2.45, 2.75) is 19.8 Å². The summed E-state index contributed by atoms with van der Waals surface area (Å²) in [6.45, 7) is 4.23. The summed E-state index contributed by atoms with van der Waals surface area (Å²) in [5, 5.41) is 9.84. The lowest BCUT2D eigenvalue weighted by molar-refractivity contribution is 0.353. The normalized spacial score (nSPS) is 16.1. The van der Waals surface area contributed by atoms with Crippen molar-refractivity contribution in [2.75, 3.05) is 31.6 Å². The molecule has 132 valence electrons. The van der Waals surface area contributed by atoms with E-state index < -0.39 is 10.2 Å². The SMILES string of the molecule is Cc1cc(Cl)n2ncnc(N3CC(CCCN(C)S(N)(=O)=O)C3)c12. The van der Waals surface area contributed by atoms with Crippen molar-refractivity contribution in [1.82, 2.24) is 18.9 Å². The van der Waals surface area contributed by atoms with Gasteiger partial charge in [-0.3, -0.25) is 0 Å². The number of hydrogen-bond donors (Lipinski definition) is 1. The van der Waals surface area contributed by atoms with E-state index in [0.717, 1.165) is 42.8 Å². The predicted octanol–water partition coefficient (Wildman–Crippen LogP) is 1.04. The minimum absolute atomic E-state index is 0.445. The van der Waals surface area contributed by atoms with Crippen LogP contribution < -0.4 is 10.0 Å². The van der Waals surface area contributed by atoms with Crippen molar-refractivity contribution >= 4 is 33.1 Å². The minimum Gasteiger partial charge on any atom is -0.354 e. The second kappa shape index (κ2) is 6.47.